The number of phenols is 2. The number of rotatable bonds is 4. The average molecular weight is 374 g/mol. The van der Waals surface area contributed by atoms with Gasteiger partial charge in [-0.2, -0.15) is 0 Å². The van der Waals surface area contributed by atoms with E-state index in [0.717, 1.165) is 5.56 Å². The van der Waals surface area contributed by atoms with Gasteiger partial charge in [0.1, 0.15) is 35.6 Å². The molecule has 1 fully saturated rings. The van der Waals surface area contributed by atoms with E-state index < -0.39 is 30.7 Å². The van der Waals surface area contributed by atoms with Gasteiger partial charge in [0.05, 0.1) is 6.10 Å². The van der Waals surface area contributed by atoms with Gasteiger partial charge in [-0.15, -0.1) is 0 Å². The Labute approximate surface area is 156 Å². The second-order valence-corrected chi connectivity index (χ2v) is 6.48. The van der Waals surface area contributed by atoms with E-state index in [4.69, 9.17) is 9.47 Å². The highest BCUT2D eigenvalue weighted by molar-refractivity contribution is 5.71. The Balaban J connectivity index is 1.76. The lowest BCUT2D eigenvalue weighted by atomic mass is 10.00. The number of aliphatic hydroxyl groups is 3. The van der Waals surface area contributed by atoms with Gasteiger partial charge >= 0.3 is 0 Å². The van der Waals surface area contributed by atoms with Crippen molar-refractivity contribution in [1.82, 2.24) is 0 Å². The molecule has 0 saturated carbocycles. The normalized spacial score (nSPS) is 28.4. The summed E-state index contributed by atoms with van der Waals surface area (Å²) in [6.45, 7) is 1.56. The van der Waals surface area contributed by atoms with Crippen LogP contribution < -0.4 is 4.74 Å². The van der Waals surface area contributed by atoms with Crippen molar-refractivity contribution < 1.29 is 35.0 Å². The van der Waals surface area contributed by atoms with Gasteiger partial charge < -0.3 is 35.0 Å². The molecule has 144 valence electrons. The monoisotopic (exact) mass is 374 g/mol. The Bertz CT molecular complexity index is 802. The van der Waals surface area contributed by atoms with Gasteiger partial charge in [-0.3, -0.25) is 0 Å². The topological polar surface area (TPSA) is 120 Å². The first kappa shape index (κ1) is 19.2. The molecule has 5 atom stereocenters. The number of ether oxygens (including phenoxy) is 2. The number of hydrogen-bond donors (Lipinski definition) is 5. The first-order valence-electron chi connectivity index (χ1n) is 8.51. The molecule has 0 spiro atoms. The molecule has 0 bridgehead atoms. The van der Waals surface area contributed by atoms with Crippen LogP contribution in [0.4, 0.5) is 0 Å². The predicted molar refractivity (Wildman–Crippen MR) is 98.1 cm³/mol. The van der Waals surface area contributed by atoms with E-state index >= 15 is 0 Å². The fourth-order valence-electron chi connectivity index (χ4n) is 2.79. The summed E-state index contributed by atoms with van der Waals surface area (Å²) in [6.07, 6.45) is -2.41. The Hall–Kier alpha value is -2.58. The summed E-state index contributed by atoms with van der Waals surface area (Å²) < 4.78 is 11.0. The van der Waals surface area contributed by atoms with Crippen LogP contribution in [0.1, 0.15) is 18.1 Å². The van der Waals surface area contributed by atoms with E-state index in [2.05, 4.69) is 0 Å². The van der Waals surface area contributed by atoms with Crippen LogP contribution in [0.5, 0.6) is 17.2 Å². The molecule has 3 rings (SSSR count). The molecular formula is C20H22O7. The van der Waals surface area contributed by atoms with E-state index in [1.807, 2.05) is 0 Å². The van der Waals surface area contributed by atoms with Crippen molar-refractivity contribution in [3.8, 4) is 17.2 Å². The van der Waals surface area contributed by atoms with E-state index in [-0.39, 0.29) is 17.2 Å². The van der Waals surface area contributed by atoms with E-state index in [0.29, 0.717) is 5.56 Å². The van der Waals surface area contributed by atoms with Gasteiger partial charge in [-0.05, 0) is 42.3 Å². The maximum absolute atomic E-state index is 10.0. The van der Waals surface area contributed by atoms with Crippen molar-refractivity contribution in [2.75, 3.05) is 0 Å². The number of phenolic OH excluding ortho intramolecular Hbond substituents is 2. The Morgan fingerprint density at radius 1 is 0.815 bits per heavy atom. The van der Waals surface area contributed by atoms with E-state index in [1.165, 1.54) is 12.1 Å². The molecule has 1 aliphatic heterocycles. The fraction of sp³-hybridized carbons (Fsp3) is 0.300. The lowest BCUT2D eigenvalue weighted by molar-refractivity contribution is -0.268. The van der Waals surface area contributed by atoms with Gasteiger partial charge in [0, 0.05) is 6.07 Å². The molecule has 5 N–H and O–H groups in total. The zero-order valence-corrected chi connectivity index (χ0v) is 14.6. The summed E-state index contributed by atoms with van der Waals surface area (Å²) in [7, 11) is 0. The van der Waals surface area contributed by atoms with Crippen LogP contribution in [0.2, 0.25) is 0 Å². The summed E-state index contributed by atoms with van der Waals surface area (Å²) >= 11 is 0. The number of aliphatic hydroxyl groups excluding tert-OH is 3. The van der Waals surface area contributed by atoms with Crippen LogP contribution in [0.15, 0.2) is 42.5 Å². The SMILES string of the molecule is C[C@@H]1O[C@H](Oc2cc(O)cc(/C=C/c3ccc(O)cc3)c2)[C@@H](O)[C@H](O)[C@@H]1O. The van der Waals surface area contributed by atoms with Crippen LogP contribution in [0, 0.1) is 0 Å². The Morgan fingerprint density at radius 3 is 2.19 bits per heavy atom. The first-order valence-corrected chi connectivity index (χ1v) is 8.51. The summed E-state index contributed by atoms with van der Waals surface area (Å²) in [4.78, 5) is 0. The van der Waals surface area contributed by atoms with Crippen LogP contribution in [0.3, 0.4) is 0 Å². The number of benzene rings is 2. The second-order valence-electron chi connectivity index (χ2n) is 6.48. The van der Waals surface area contributed by atoms with Crippen molar-refractivity contribution >= 4 is 12.2 Å². The molecule has 27 heavy (non-hydrogen) atoms. The molecular weight excluding hydrogens is 352 g/mol. The molecule has 0 amide bonds. The summed E-state index contributed by atoms with van der Waals surface area (Å²) in [5.74, 6) is 0.366. The van der Waals surface area contributed by atoms with Gasteiger partial charge in [0.2, 0.25) is 6.29 Å². The number of aromatic hydroxyl groups is 2. The highest BCUT2D eigenvalue weighted by Gasteiger charge is 2.43. The quantitative estimate of drug-likeness (QED) is 0.514. The van der Waals surface area contributed by atoms with Crippen LogP contribution in [-0.4, -0.2) is 56.2 Å². The van der Waals surface area contributed by atoms with Crippen molar-refractivity contribution in [2.45, 2.75) is 37.6 Å². The molecule has 7 heteroatoms. The minimum absolute atomic E-state index is 0.0446. The molecule has 2 aromatic carbocycles. The second kappa shape index (κ2) is 7.98. The molecule has 0 aliphatic carbocycles. The summed E-state index contributed by atoms with van der Waals surface area (Å²) in [5, 5.41) is 48.9. The van der Waals surface area contributed by atoms with Crippen molar-refractivity contribution in [2.24, 2.45) is 0 Å². The van der Waals surface area contributed by atoms with E-state index in [9.17, 15) is 25.5 Å². The average Bonchev–Trinajstić information content (AvgIpc) is 2.63. The van der Waals surface area contributed by atoms with Crippen LogP contribution in [-0.2, 0) is 4.74 Å². The highest BCUT2D eigenvalue weighted by atomic mass is 16.7. The third kappa shape index (κ3) is 4.58. The standard InChI is InChI=1S/C20H22O7/c1-11-17(23)18(24)19(25)20(26-11)27-16-9-13(8-15(22)10-16)3-2-12-4-6-14(21)7-5-12/h2-11,17-25H,1H3/b3-2+/t11-,17+,18+,19-,20+/m0/s1. The minimum atomic E-state index is -1.44. The van der Waals surface area contributed by atoms with Crippen molar-refractivity contribution in [3.05, 3.63) is 53.6 Å². The lowest BCUT2D eigenvalue weighted by Gasteiger charge is -2.38. The van der Waals surface area contributed by atoms with Crippen LogP contribution >= 0.6 is 0 Å². The smallest absolute Gasteiger partial charge is 0.229 e. The van der Waals surface area contributed by atoms with Gasteiger partial charge in [0.25, 0.3) is 0 Å². The maximum atomic E-state index is 10.0. The molecule has 0 unspecified atom stereocenters. The zero-order chi connectivity index (χ0) is 19.6. The molecule has 1 aliphatic rings. The Morgan fingerprint density at radius 2 is 1.48 bits per heavy atom. The Kier molecular flexibility index (Phi) is 5.67. The molecule has 1 saturated heterocycles. The van der Waals surface area contributed by atoms with Gasteiger partial charge in [-0.1, -0.05) is 24.3 Å². The van der Waals surface area contributed by atoms with Gasteiger partial charge in [-0.25, -0.2) is 0 Å². The van der Waals surface area contributed by atoms with Crippen molar-refractivity contribution in [1.29, 1.82) is 0 Å². The third-order valence-electron chi connectivity index (χ3n) is 4.34. The fourth-order valence-corrected chi connectivity index (χ4v) is 2.79. The molecule has 2 aromatic rings. The summed E-state index contributed by atoms with van der Waals surface area (Å²) in [5.41, 5.74) is 1.49. The van der Waals surface area contributed by atoms with Gasteiger partial charge in [0.15, 0.2) is 0 Å². The van der Waals surface area contributed by atoms with Crippen LogP contribution in [0.25, 0.3) is 12.2 Å². The van der Waals surface area contributed by atoms with E-state index in [1.54, 1.807) is 49.4 Å². The number of hydrogen-bond acceptors (Lipinski definition) is 7. The third-order valence-corrected chi connectivity index (χ3v) is 4.34. The first-order chi connectivity index (χ1) is 12.8. The van der Waals surface area contributed by atoms with Crippen molar-refractivity contribution in [3.63, 3.8) is 0 Å². The molecule has 0 aromatic heterocycles. The maximum Gasteiger partial charge on any atom is 0.229 e. The molecule has 0 radical (unpaired) electrons. The largest absolute Gasteiger partial charge is 0.508 e. The molecule has 1 heterocycles. The molecule has 7 nitrogen and oxygen atoms in total. The summed E-state index contributed by atoms with van der Waals surface area (Å²) in [6, 6.07) is 11.1. The minimum Gasteiger partial charge on any atom is -0.508 e. The predicted octanol–water partition coefficient (Wildman–Crippen LogP) is 1.47. The highest BCUT2D eigenvalue weighted by Crippen LogP contribution is 2.28. The lowest BCUT2D eigenvalue weighted by Crippen LogP contribution is -2.58. The zero-order valence-electron chi connectivity index (χ0n) is 14.6.